The molecule has 1 heterocycles. The minimum Gasteiger partial charge on any atom is -0.382 e. The van der Waals surface area contributed by atoms with Crippen molar-refractivity contribution in [1.29, 1.82) is 0 Å². The second kappa shape index (κ2) is 9.44. The third-order valence-corrected chi connectivity index (χ3v) is 4.39. The molecule has 0 saturated heterocycles. The molecular weight excluding hydrogens is 286 g/mol. The first-order chi connectivity index (χ1) is 10.1. The van der Waals surface area contributed by atoms with Gasteiger partial charge in [-0.1, -0.05) is 25.4 Å². The molecule has 5 heteroatoms. The summed E-state index contributed by atoms with van der Waals surface area (Å²) in [5.41, 5.74) is 2.17. The highest BCUT2D eigenvalue weighted by Gasteiger charge is 2.19. The summed E-state index contributed by atoms with van der Waals surface area (Å²) in [6.07, 6.45) is 4.22. The van der Waals surface area contributed by atoms with Gasteiger partial charge >= 0.3 is 0 Å². The molecule has 0 bridgehead atoms. The predicted octanol–water partition coefficient (Wildman–Crippen LogP) is 3.45. The van der Waals surface area contributed by atoms with Crippen LogP contribution in [0.15, 0.2) is 0 Å². The Morgan fingerprint density at radius 3 is 2.52 bits per heavy atom. The minimum absolute atomic E-state index is 0.295. The molecule has 2 unspecified atom stereocenters. The van der Waals surface area contributed by atoms with E-state index in [9.17, 15) is 0 Å². The molecule has 0 aliphatic carbocycles. The Balaban J connectivity index is 2.80. The summed E-state index contributed by atoms with van der Waals surface area (Å²) in [5.74, 6) is 0. The van der Waals surface area contributed by atoms with Gasteiger partial charge in [0.05, 0.1) is 22.5 Å². The third kappa shape index (κ3) is 5.28. The Morgan fingerprint density at radius 1 is 1.29 bits per heavy atom. The number of nitrogens with zero attached hydrogens (tertiary/aromatic N) is 2. The number of halogens is 1. The fraction of sp³-hybridized carbons (Fsp3) is 0.812. The molecule has 4 nitrogen and oxygen atoms in total. The average Bonchev–Trinajstić information content (AvgIpc) is 2.80. The number of methoxy groups -OCH3 is 1. The molecule has 21 heavy (non-hydrogen) atoms. The maximum Gasteiger partial charge on any atom is 0.0850 e. The topological polar surface area (TPSA) is 39.1 Å². The maximum atomic E-state index is 6.51. The van der Waals surface area contributed by atoms with E-state index in [0.717, 1.165) is 55.2 Å². The van der Waals surface area contributed by atoms with Crippen molar-refractivity contribution in [3.63, 3.8) is 0 Å². The van der Waals surface area contributed by atoms with Gasteiger partial charge in [0, 0.05) is 26.1 Å². The fourth-order valence-corrected chi connectivity index (χ4v) is 2.91. The first-order valence-electron chi connectivity index (χ1n) is 8.07. The van der Waals surface area contributed by atoms with E-state index in [-0.39, 0.29) is 0 Å². The molecule has 0 saturated carbocycles. The smallest absolute Gasteiger partial charge is 0.0850 e. The number of aromatic nitrogens is 2. The summed E-state index contributed by atoms with van der Waals surface area (Å²) in [5, 5.41) is 9.01. The Hall–Kier alpha value is -0.580. The molecule has 122 valence electrons. The van der Waals surface area contributed by atoms with Gasteiger partial charge in [-0.15, -0.1) is 0 Å². The van der Waals surface area contributed by atoms with Gasteiger partial charge in [0.15, 0.2) is 0 Å². The highest BCUT2D eigenvalue weighted by Crippen LogP contribution is 2.24. The zero-order chi connectivity index (χ0) is 15.8. The number of hydrogen-bond acceptors (Lipinski definition) is 3. The Bertz CT molecular complexity index is 420. The average molecular weight is 316 g/mol. The lowest BCUT2D eigenvalue weighted by Gasteiger charge is -2.20. The molecular formula is C16H30ClN3O. The largest absolute Gasteiger partial charge is 0.382 e. The monoisotopic (exact) mass is 315 g/mol. The van der Waals surface area contributed by atoms with Crippen LogP contribution >= 0.6 is 11.6 Å². The van der Waals surface area contributed by atoms with Crippen LogP contribution in [0.1, 0.15) is 51.9 Å². The molecule has 0 amide bonds. The highest BCUT2D eigenvalue weighted by atomic mass is 35.5. The molecule has 1 aromatic heterocycles. The second-order valence-electron chi connectivity index (χ2n) is 5.46. The number of ether oxygens (including phenoxy) is 1. The summed E-state index contributed by atoms with van der Waals surface area (Å²) in [6.45, 7) is 10.3. The SMILES string of the molecule is CCNC(CCC(C)OC)Cc1c(Cl)c(CC)nn1CC. The quantitative estimate of drug-likeness (QED) is 0.718. The predicted molar refractivity (Wildman–Crippen MR) is 89.2 cm³/mol. The van der Waals surface area contributed by atoms with E-state index < -0.39 is 0 Å². The highest BCUT2D eigenvalue weighted by molar-refractivity contribution is 6.31. The van der Waals surface area contributed by atoms with Gasteiger partial charge in [0.25, 0.3) is 0 Å². The van der Waals surface area contributed by atoms with Gasteiger partial charge in [-0.05, 0) is 39.7 Å². The van der Waals surface area contributed by atoms with Crippen LogP contribution in [0.4, 0.5) is 0 Å². The number of aryl methyl sites for hydroxylation is 2. The van der Waals surface area contributed by atoms with E-state index in [4.69, 9.17) is 16.3 Å². The first-order valence-corrected chi connectivity index (χ1v) is 8.45. The van der Waals surface area contributed by atoms with Gasteiger partial charge in [0.2, 0.25) is 0 Å². The lowest BCUT2D eigenvalue weighted by Crippen LogP contribution is -2.32. The van der Waals surface area contributed by atoms with E-state index in [1.807, 2.05) is 4.68 Å². The molecule has 0 aliphatic heterocycles. The molecule has 1 aromatic rings. The molecule has 1 N–H and O–H groups in total. The zero-order valence-electron chi connectivity index (χ0n) is 14.1. The van der Waals surface area contributed by atoms with Crippen molar-refractivity contribution in [2.24, 2.45) is 0 Å². The van der Waals surface area contributed by atoms with Gasteiger partial charge < -0.3 is 10.1 Å². The molecule has 2 atom stereocenters. The lowest BCUT2D eigenvalue weighted by atomic mass is 10.0. The van der Waals surface area contributed by atoms with Crippen LogP contribution in [0.25, 0.3) is 0 Å². The van der Waals surface area contributed by atoms with Gasteiger partial charge in [-0.25, -0.2) is 0 Å². The molecule has 0 fully saturated rings. The van der Waals surface area contributed by atoms with Crippen LogP contribution in [0.5, 0.6) is 0 Å². The first kappa shape index (κ1) is 18.5. The zero-order valence-corrected chi connectivity index (χ0v) is 14.8. The Morgan fingerprint density at radius 2 is 2.00 bits per heavy atom. The second-order valence-corrected chi connectivity index (χ2v) is 5.84. The number of hydrogen-bond donors (Lipinski definition) is 1. The Kier molecular flexibility index (Phi) is 8.30. The van der Waals surface area contributed by atoms with Crippen molar-refractivity contribution in [2.75, 3.05) is 13.7 Å². The lowest BCUT2D eigenvalue weighted by molar-refractivity contribution is 0.106. The van der Waals surface area contributed by atoms with E-state index in [1.54, 1.807) is 7.11 Å². The molecule has 0 aromatic carbocycles. The van der Waals surface area contributed by atoms with Gasteiger partial charge in [-0.3, -0.25) is 4.68 Å². The van der Waals surface area contributed by atoms with Crippen LogP contribution in [0, 0.1) is 0 Å². The minimum atomic E-state index is 0.295. The molecule has 0 spiro atoms. The number of rotatable bonds is 10. The maximum absolute atomic E-state index is 6.51. The molecule has 0 aliphatic rings. The van der Waals surface area contributed by atoms with Crippen molar-refractivity contribution in [3.8, 4) is 0 Å². The van der Waals surface area contributed by atoms with E-state index in [1.165, 1.54) is 0 Å². The van der Waals surface area contributed by atoms with E-state index in [2.05, 4.69) is 38.1 Å². The van der Waals surface area contributed by atoms with Gasteiger partial charge in [0.1, 0.15) is 0 Å². The summed E-state index contributed by atoms with van der Waals surface area (Å²) >= 11 is 6.51. The normalized spacial score (nSPS) is 14.4. The van der Waals surface area contributed by atoms with Crippen LogP contribution in [-0.4, -0.2) is 35.6 Å². The van der Waals surface area contributed by atoms with Crippen LogP contribution in [0.2, 0.25) is 5.02 Å². The third-order valence-electron chi connectivity index (χ3n) is 3.95. The number of nitrogens with one attached hydrogen (secondary N) is 1. The Labute approximate surface area is 134 Å². The summed E-state index contributed by atoms with van der Waals surface area (Å²) < 4.78 is 7.39. The van der Waals surface area contributed by atoms with Crippen molar-refractivity contribution in [2.45, 2.75) is 72.1 Å². The fourth-order valence-electron chi connectivity index (χ4n) is 2.56. The molecule has 1 rings (SSSR count). The standard InChI is InChI=1S/C16H30ClN3O/c1-6-14-16(17)15(20(8-3)19-14)11-13(18-7-2)10-9-12(4)21-5/h12-13,18H,6-11H2,1-5H3. The van der Waals surface area contributed by atoms with E-state index in [0.29, 0.717) is 12.1 Å². The van der Waals surface area contributed by atoms with E-state index >= 15 is 0 Å². The van der Waals surface area contributed by atoms with Crippen molar-refractivity contribution >= 4 is 11.6 Å². The number of likely N-dealkylation sites (N-methyl/N-ethyl adjacent to an activating group) is 1. The van der Waals surface area contributed by atoms with Crippen molar-refractivity contribution < 1.29 is 4.74 Å². The van der Waals surface area contributed by atoms with Gasteiger partial charge in [-0.2, -0.15) is 5.10 Å². The van der Waals surface area contributed by atoms with Crippen molar-refractivity contribution in [1.82, 2.24) is 15.1 Å². The molecule has 0 radical (unpaired) electrons. The van der Waals surface area contributed by atoms with Crippen LogP contribution < -0.4 is 5.32 Å². The summed E-state index contributed by atoms with van der Waals surface area (Å²) in [7, 11) is 1.77. The van der Waals surface area contributed by atoms with Crippen molar-refractivity contribution in [3.05, 3.63) is 16.4 Å². The summed E-state index contributed by atoms with van der Waals surface area (Å²) in [4.78, 5) is 0. The van der Waals surface area contributed by atoms with Crippen LogP contribution in [-0.2, 0) is 24.1 Å². The van der Waals surface area contributed by atoms with Crippen LogP contribution in [0.3, 0.4) is 0 Å². The summed E-state index contributed by atoms with van der Waals surface area (Å²) in [6, 6.07) is 0.414.